The highest BCUT2D eigenvalue weighted by Crippen LogP contribution is 2.34. The van der Waals surface area contributed by atoms with Crippen molar-refractivity contribution in [3.8, 4) is 22.7 Å². The SMILES string of the molecule is O=C(Nc1nnc(-c2ccccc2)o1)c1cc(-c2ccccc2)nc2nc(N3CCCCC3)sc12. The molecule has 8 nitrogen and oxygen atoms in total. The van der Waals surface area contributed by atoms with E-state index < -0.39 is 0 Å². The molecular weight excluding hydrogens is 460 g/mol. The Balaban J connectivity index is 1.37. The van der Waals surface area contributed by atoms with Crippen molar-refractivity contribution in [2.75, 3.05) is 23.3 Å². The summed E-state index contributed by atoms with van der Waals surface area (Å²) in [6.45, 7) is 1.94. The lowest BCUT2D eigenvalue weighted by Gasteiger charge is -2.25. The lowest BCUT2D eigenvalue weighted by molar-refractivity contribution is 0.102. The first-order valence-corrected chi connectivity index (χ1v) is 12.4. The van der Waals surface area contributed by atoms with E-state index in [0.29, 0.717) is 22.8 Å². The third kappa shape index (κ3) is 4.38. The summed E-state index contributed by atoms with van der Waals surface area (Å²) in [5, 5.41) is 11.7. The van der Waals surface area contributed by atoms with E-state index in [1.54, 1.807) is 6.07 Å². The van der Waals surface area contributed by atoms with Crippen molar-refractivity contribution in [3.05, 3.63) is 72.3 Å². The van der Waals surface area contributed by atoms with Crippen LogP contribution in [0.3, 0.4) is 0 Å². The fraction of sp³-hybridized carbons (Fsp3) is 0.192. The van der Waals surface area contributed by atoms with E-state index in [2.05, 4.69) is 20.4 Å². The maximum atomic E-state index is 13.4. The average molecular weight is 483 g/mol. The molecule has 9 heteroatoms. The molecule has 1 fully saturated rings. The molecule has 1 aliphatic rings. The summed E-state index contributed by atoms with van der Waals surface area (Å²) >= 11 is 1.50. The lowest BCUT2D eigenvalue weighted by Crippen LogP contribution is -2.29. The van der Waals surface area contributed by atoms with Crippen molar-refractivity contribution in [3.63, 3.8) is 0 Å². The Bertz CT molecular complexity index is 1480. The Morgan fingerprint density at radius 2 is 1.60 bits per heavy atom. The Kier molecular flexibility index (Phi) is 5.67. The van der Waals surface area contributed by atoms with E-state index in [-0.39, 0.29) is 11.9 Å². The number of aromatic nitrogens is 4. The highest BCUT2D eigenvalue weighted by Gasteiger charge is 2.22. The van der Waals surface area contributed by atoms with Gasteiger partial charge < -0.3 is 9.32 Å². The number of nitrogens with zero attached hydrogens (tertiary/aromatic N) is 5. The molecule has 0 atom stereocenters. The van der Waals surface area contributed by atoms with E-state index >= 15 is 0 Å². The smallest absolute Gasteiger partial charge is 0.322 e. The molecule has 3 aromatic heterocycles. The van der Waals surface area contributed by atoms with Crippen LogP contribution in [-0.4, -0.2) is 39.2 Å². The van der Waals surface area contributed by atoms with Gasteiger partial charge in [-0.3, -0.25) is 10.1 Å². The number of amides is 1. The summed E-state index contributed by atoms with van der Waals surface area (Å²) in [5.41, 5.74) is 3.44. The summed E-state index contributed by atoms with van der Waals surface area (Å²) < 4.78 is 6.44. The summed E-state index contributed by atoms with van der Waals surface area (Å²) in [4.78, 5) is 25.3. The molecule has 4 heterocycles. The van der Waals surface area contributed by atoms with Gasteiger partial charge in [0.15, 0.2) is 10.8 Å². The van der Waals surface area contributed by atoms with Crippen LogP contribution in [-0.2, 0) is 0 Å². The number of thiazole rings is 1. The monoisotopic (exact) mass is 482 g/mol. The number of fused-ring (bicyclic) bond motifs is 1. The molecule has 6 rings (SSSR count). The quantitative estimate of drug-likeness (QED) is 0.346. The molecule has 2 aromatic carbocycles. The molecular formula is C26H22N6O2S. The minimum absolute atomic E-state index is 0.0424. The maximum absolute atomic E-state index is 13.4. The number of hydrogen-bond acceptors (Lipinski definition) is 8. The fourth-order valence-corrected chi connectivity index (χ4v) is 5.25. The molecule has 0 unspecified atom stereocenters. The number of nitrogens with one attached hydrogen (secondary N) is 1. The minimum atomic E-state index is -0.341. The van der Waals surface area contributed by atoms with Crippen LogP contribution in [0.15, 0.2) is 71.1 Å². The lowest BCUT2D eigenvalue weighted by atomic mass is 10.1. The predicted molar refractivity (Wildman–Crippen MR) is 137 cm³/mol. The van der Waals surface area contributed by atoms with Gasteiger partial charge in [-0.05, 0) is 37.5 Å². The van der Waals surface area contributed by atoms with Gasteiger partial charge in [0.05, 0.1) is 16.0 Å². The average Bonchev–Trinajstić information content (AvgIpc) is 3.57. The van der Waals surface area contributed by atoms with Crippen LogP contribution in [0.4, 0.5) is 11.1 Å². The van der Waals surface area contributed by atoms with E-state index in [0.717, 1.165) is 46.9 Å². The van der Waals surface area contributed by atoms with Gasteiger partial charge in [-0.15, -0.1) is 5.10 Å². The first-order chi connectivity index (χ1) is 17.2. The van der Waals surface area contributed by atoms with Crippen molar-refractivity contribution >= 4 is 38.7 Å². The van der Waals surface area contributed by atoms with Gasteiger partial charge in [0.25, 0.3) is 5.91 Å². The molecule has 5 aromatic rings. The Morgan fingerprint density at radius 3 is 2.34 bits per heavy atom. The largest absolute Gasteiger partial charge is 0.403 e. The molecule has 0 bridgehead atoms. The van der Waals surface area contributed by atoms with Crippen LogP contribution >= 0.6 is 11.3 Å². The van der Waals surface area contributed by atoms with Gasteiger partial charge in [0.1, 0.15) is 0 Å². The number of anilines is 2. The second-order valence-electron chi connectivity index (χ2n) is 8.35. The normalized spacial score (nSPS) is 13.8. The number of rotatable bonds is 5. The molecule has 35 heavy (non-hydrogen) atoms. The molecule has 0 aliphatic carbocycles. The van der Waals surface area contributed by atoms with Crippen molar-refractivity contribution in [1.29, 1.82) is 0 Å². The summed E-state index contributed by atoms with van der Waals surface area (Å²) in [6, 6.07) is 21.1. The number of pyridine rings is 1. The van der Waals surface area contributed by atoms with Gasteiger partial charge >= 0.3 is 6.01 Å². The van der Waals surface area contributed by atoms with Crippen LogP contribution < -0.4 is 10.2 Å². The number of piperidine rings is 1. The van der Waals surface area contributed by atoms with Crippen LogP contribution in [0, 0.1) is 0 Å². The second-order valence-corrected chi connectivity index (χ2v) is 9.33. The van der Waals surface area contributed by atoms with Gasteiger partial charge in [0.2, 0.25) is 5.89 Å². The number of benzene rings is 2. The van der Waals surface area contributed by atoms with Gasteiger partial charge in [-0.2, -0.15) is 4.98 Å². The third-order valence-corrected chi connectivity index (χ3v) is 7.10. The standard InChI is InChI=1S/C26H22N6O2S/c33-23(29-25-31-30-24(34-25)18-12-6-2-7-13-18)19-16-20(17-10-4-1-5-11-17)27-22-21(19)35-26(28-22)32-14-8-3-9-15-32/h1-2,4-7,10-13,16H,3,8-9,14-15H2,(H,29,31,33). The van der Waals surface area contributed by atoms with E-state index in [1.165, 1.54) is 17.8 Å². The molecule has 0 radical (unpaired) electrons. The van der Waals surface area contributed by atoms with Crippen molar-refractivity contribution < 1.29 is 9.21 Å². The van der Waals surface area contributed by atoms with Crippen molar-refractivity contribution in [2.45, 2.75) is 19.3 Å². The van der Waals surface area contributed by atoms with Crippen molar-refractivity contribution in [2.24, 2.45) is 0 Å². The number of carbonyl (C=O) groups is 1. The molecule has 0 spiro atoms. The van der Waals surface area contributed by atoms with E-state index in [1.807, 2.05) is 60.7 Å². The summed E-state index contributed by atoms with van der Waals surface area (Å²) in [6.07, 6.45) is 3.53. The van der Waals surface area contributed by atoms with Crippen LogP contribution in [0.2, 0.25) is 0 Å². The third-order valence-electron chi connectivity index (χ3n) is 5.96. The molecule has 0 saturated carbocycles. The van der Waals surface area contributed by atoms with Crippen LogP contribution in [0.25, 0.3) is 33.1 Å². The molecule has 1 aliphatic heterocycles. The van der Waals surface area contributed by atoms with E-state index in [9.17, 15) is 4.79 Å². The Morgan fingerprint density at radius 1 is 0.886 bits per heavy atom. The number of hydrogen-bond donors (Lipinski definition) is 1. The van der Waals surface area contributed by atoms with Crippen molar-refractivity contribution in [1.82, 2.24) is 20.2 Å². The maximum Gasteiger partial charge on any atom is 0.322 e. The molecule has 1 saturated heterocycles. The number of carbonyl (C=O) groups excluding carboxylic acids is 1. The van der Waals surface area contributed by atoms with E-state index in [4.69, 9.17) is 14.4 Å². The Hall–Kier alpha value is -4.11. The molecule has 174 valence electrons. The van der Waals surface area contributed by atoms with Gasteiger partial charge in [-0.1, -0.05) is 65.0 Å². The first-order valence-electron chi connectivity index (χ1n) is 11.6. The first kappa shape index (κ1) is 21.4. The predicted octanol–water partition coefficient (Wildman–Crippen LogP) is 5.65. The summed E-state index contributed by atoms with van der Waals surface area (Å²) in [7, 11) is 0. The molecule has 1 N–H and O–H groups in total. The minimum Gasteiger partial charge on any atom is -0.403 e. The molecule has 1 amide bonds. The van der Waals surface area contributed by atoms with Gasteiger partial charge in [-0.25, -0.2) is 4.98 Å². The fourth-order valence-electron chi connectivity index (χ4n) is 4.18. The Labute approximate surface area is 205 Å². The zero-order chi connectivity index (χ0) is 23.6. The van der Waals surface area contributed by atoms with Crippen LogP contribution in [0.1, 0.15) is 29.6 Å². The van der Waals surface area contributed by atoms with Crippen LogP contribution in [0.5, 0.6) is 0 Å². The zero-order valence-electron chi connectivity index (χ0n) is 18.8. The van der Waals surface area contributed by atoms with Gasteiger partial charge in [0, 0.05) is 24.2 Å². The second kappa shape index (κ2) is 9.27. The highest BCUT2D eigenvalue weighted by atomic mass is 32.1. The highest BCUT2D eigenvalue weighted by molar-refractivity contribution is 7.22. The zero-order valence-corrected chi connectivity index (χ0v) is 19.7. The summed E-state index contributed by atoms with van der Waals surface area (Å²) in [5.74, 6) is 0.00242. The topological polar surface area (TPSA) is 97.0 Å².